The van der Waals surface area contributed by atoms with Gasteiger partial charge in [0.05, 0.1) is 5.52 Å². The number of nitrogens with one attached hydrogen (secondary N) is 3. The predicted molar refractivity (Wildman–Crippen MR) is 82.3 cm³/mol. The molecule has 1 aromatic heterocycles. The van der Waals surface area contributed by atoms with Gasteiger partial charge in [0.25, 0.3) is 0 Å². The summed E-state index contributed by atoms with van der Waals surface area (Å²) >= 11 is 0. The molecule has 1 saturated heterocycles. The molecule has 2 aliphatic heterocycles. The number of para-hydroxylation sites is 1. The van der Waals surface area contributed by atoms with E-state index in [4.69, 9.17) is 0 Å². The Kier molecular flexibility index (Phi) is 3.21. The zero-order valence-corrected chi connectivity index (χ0v) is 12.5. The number of benzene rings is 1. The van der Waals surface area contributed by atoms with Crippen LogP contribution in [0.2, 0.25) is 0 Å². The molecule has 120 valence electrons. The van der Waals surface area contributed by atoms with E-state index in [1.54, 1.807) is 11.0 Å². The minimum absolute atomic E-state index is 0.134. The SMILES string of the molecule is O=C1NCCC1NC(=O)N1CCc2[nH]c3c(F)cccc3c2C1. The van der Waals surface area contributed by atoms with Gasteiger partial charge in [-0.25, -0.2) is 9.18 Å². The average Bonchev–Trinajstić information content (AvgIpc) is 3.12. The van der Waals surface area contributed by atoms with Gasteiger partial charge in [0.15, 0.2) is 0 Å². The number of urea groups is 1. The Balaban J connectivity index is 1.56. The lowest BCUT2D eigenvalue weighted by molar-refractivity contribution is -0.120. The molecule has 2 aromatic rings. The second-order valence-electron chi connectivity index (χ2n) is 6.00. The molecule has 0 spiro atoms. The number of nitrogens with zero attached hydrogens (tertiary/aromatic N) is 1. The normalized spacial score (nSPS) is 20.5. The summed E-state index contributed by atoms with van der Waals surface area (Å²) in [6.07, 6.45) is 1.26. The van der Waals surface area contributed by atoms with Crippen LogP contribution in [0.5, 0.6) is 0 Å². The van der Waals surface area contributed by atoms with Gasteiger partial charge in [0.2, 0.25) is 5.91 Å². The summed E-state index contributed by atoms with van der Waals surface area (Å²) in [5.41, 5.74) is 2.43. The molecule has 3 amide bonds. The number of aromatic nitrogens is 1. The number of amides is 3. The van der Waals surface area contributed by atoms with Crippen molar-refractivity contribution in [3.63, 3.8) is 0 Å². The van der Waals surface area contributed by atoms with Crippen LogP contribution in [0.15, 0.2) is 18.2 Å². The maximum absolute atomic E-state index is 13.9. The summed E-state index contributed by atoms with van der Waals surface area (Å²) in [6, 6.07) is 4.26. The van der Waals surface area contributed by atoms with E-state index in [1.165, 1.54) is 6.07 Å². The van der Waals surface area contributed by atoms with Gasteiger partial charge in [-0.2, -0.15) is 0 Å². The number of H-pyrrole nitrogens is 1. The van der Waals surface area contributed by atoms with Crippen molar-refractivity contribution in [3.05, 3.63) is 35.3 Å². The Morgan fingerprint density at radius 3 is 3.04 bits per heavy atom. The van der Waals surface area contributed by atoms with Crippen LogP contribution in [-0.2, 0) is 17.8 Å². The van der Waals surface area contributed by atoms with Crippen LogP contribution >= 0.6 is 0 Å². The van der Waals surface area contributed by atoms with Crippen molar-refractivity contribution in [3.8, 4) is 0 Å². The van der Waals surface area contributed by atoms with Crippen molar-refractivity contribution >= 4 is 22.8 Å². The first kappa shape index (κ1) is 14.0. The topological polar surface area (TPSA) is 77.2 Å². The van der Waals surface area contributed by atoms with Gasteiger partial charge in [-0.3, -0.25) is 4.79 Å². The van der Waals surface area contributed by atoms with Crippen LogP contribution in [0.4, 0.5) is 9.18 Å². The standard InChI is InChI=1S/C16H17FN4O2/c17-11-3-1-2-9-10-8-21(7-5-12(10)19-14(9)11)16(23)20-13-4-6-18-15(13)22/h1-3,13,19H,4-8H2,(H,18,22)(H,20,23). The molecule has 4 rings (SSSR count). The van der Waals surface area contributed by atoms with E-state index in [9.17, 15) is 14.0 Å². The minimum Gasteiger partial charge on any atom is -0.356 e. The smallest absolute Gasteiger partial charge is 0.318 e. The minimum atomic E-state index is -0.454. The predicted octanol–water partition coefficient (Wildman–Crippen LogP) is 1.26. The zero-order valence-electron chi connectivity index (χ0n) is 12.5. The van der Waals surface area contributed by atoms with Gasteiger partial charge in [-0.1, -0.05) is 12.1 Å². The van der Waals surface area contributed by atoms with E-state index in [0.717, 1.165) is 16.6 Å². The van der Waals surface area contributed by atoms with E-state index in [1.807, 2.05) is 6.07 Å². The highest BCUT2D eigenvalue weighted by molar-refractivity contribution is 5.89. The molecule has 2 aliphatic rings. The molecule has 7 heteroatoms. The summed E-state index contributed by atoms with van der Waals surface area (Å²) in [5.74, 6) is -0.416. The van der Waals surface area contributed by atoms with Crippen LogP contribution in [0.25, 0.3) is 10.9 Å². The Morgan fingerprint density at radius 1 is 1.39 bits per heavy atom. The van der Waals surface area contributed by atoms with Crippen molar-refractivity contribution in [1.82, 2.24) is 20.5 Å². The van der Waals surface area contributed by atoms with Gasteiger partial charge in [0, 0.05) is 42.7 Å². The summed E-state index contributed by atoms with van der Waals surface area (Å²) in [7, 11) is 0. The molecule has 0 radical (unpaired) electrons. The Labute approximate surface area is 132 Å². The largest absolute Gasteiger partial charge is 0.356 e. The third-order valence-corrected chi connectivity index (χ3v) is 4.59. The fraction of sp³-hybridized carbons (Fsp3) is 0.375. The fourth-order valence-corrected chi connectivity index (χ4v) is 3.35. The van der Waals surface area contributed by atoms with Crippen LogP contribution in [0.3, 0.4) is 0 Å². The Hall–Kier alpha value is -2.57. The number of carbonyl (C=O) groups excluding carboxylic acids is 2. The van der Waals surface area contributed by atoms with Crippen molar-refractivity contribution in [2.24, 2.45) is 0 Å². The van der Waals surface area contributed by atoms with Gasteiger partial charge in [-0.05, 0) is 12.5 Å². The Morgan fingerprint density at radius 2 is 2.26 bits per heavy atom. The van der Waals surface area contributed by atoms with Crippen LogP contribution in [0, 0.1) is 5.82 Å². The van der Waals surface area contributed by atoms with E-state index < -0.39 is 6.04 Å². The molecule has 1 atom stereocenters. The van der Waals surface area contributed by atoms with Crippen molar-refractivity contribution in [2.45, 2.75) is 25.4 Å². The lowest BCUT2D eigenvalue weighted by atomic mass is 10.0. The molecule has 3 heterocycles. The molecular weight excluding hydrogens is 299 g/mol. The second kappa shape index (κ2) is 5.26. The fourth-order valence-electron chi connectivity index (χ4n) is 3.35. The third kappa shape index (κ3) is 2.32. The quantitative estimate of drug-likeness (QED) is 0.741. The number of fused-ring (bicyclic) bond motifs is 3. The molecular formula is C16H17FN4O2. The Bertz CT molecular complexity index is 801. The van der Waals surface area contributed by atoms with Crippen molar-refractivity contribution in [1.29, 1.82) is 0 Å². The first-order valence-electron chi connectivity index (χ1n) is 7.74. The monoisotopic (exact) mass is 316 g/mol. The van der Waals surface area contributed by atoms with Gasteiger partial charge in [0.1, 0.15) is 11.9 Å². The van der Waals surface area contributed by atoms with Gasteiger partial charge >= 0.3 is 6.03 Å². The number of rotatable bonds is 1. The molecule has 3 N–H and O–H groups in total. The highest BCUT2D eigenvalue weighted by Crippen LogP contribution is 2.29. The molecule has 0 saturated carbocycles. The third-order valence-electron chi connectivity index (χ3n) is 4.59. The molecule has 1 unspecified atom stereocenters. The molecule has 0 bridgehead atoms. The maximum Gasteiger partial charge on any atom is 0.318 e. The van der Waals surface area contributed by atoms with Crippen LogP contribution in [-0.4, -0.2) is 41.0 Å². The summed E-state index contributed by atoms with van der Waals surface area (Å²) in [5, 5.41) is 6.29. The van der Waals surface area contributed by atoms with E-state index >= 15 is 0 Å². The first-order chi connectivity index (χ1) is 11.1. The van der Waals surface area contributed by atoms with E-state index in [2.05, 4.69) is 15.6 Å². The molecule has 1 fully saturated rings. The van der Waals surface area contributed by atoms with Crippen molar-refractivity contribution in [2.75, 3.05) is 13.1 Å². The maximum atomic E-state index is 13.9. The molecule has 6 nitrogen and oxygen atoms in total. The first-order valence-corrected chi connectivity index (χ1v) is 7.74. The highest BCUT2D eigenvalue weighted by atomic mass is 19.1. The number of hydrogen-bond donors (Lipinski definition) is 3. The number of carbonyl (C=O) groups is 2. The molecule has 0 aliphatic carbocycles. The summed E-state index contributed by atoms with van der Waals surface area (Å²) in [6.45, 7) is 1.55. The number of aromatic amines is 1. The van der Waals surface area contributed by atoms with Crippen LogP contribution in [0.1, 0.15) is 17.7 Å². The molecule has 1 aromatic carbocycles. The van der Waals surface area contributed by atoms with Gasteiger partial charge in [-0.15, -0.1) is 0 Å². The zero-order chi connectivity index (χ0) is 16.0. The van der Waals surface area contributed by atoms with E-state index in [-0.39, 0.29) is 17.8 Å². The van der Waals surface area contributed by atoms with Gasteiger partial charge < -0.3 is 20.5 Å². The summed E-state index contributed by atoms with van der Waals surface area (Å²) in [4.78, 5) is 28.8. The molecule has 23 heavy (non-hydrogen) atoms. The van der Waals surface area contributed by atoms with Crippen LogP contribution < -0.4 is 10.6 Å². The lowest BCUT2D eigenvalue weighted by Gasteiger charge is -2.28. The highest BCUT2D eigenvalue weighted by Gasteiger charge is 2.30. The second-order valence-corrected chi connectivity index (χ2v) is 6.00. The van der Waals surface area contributed by atoms with E-state index in [0.29, 0.717) is 38.0 Å². The van der Waals surface area contributed by atoms with Crippen molar-refractivity contribution < 1.29 is 14.0 Å². The number of hydrogen-bond acceptors (Lipinski definition) is 2. The number of halogens is 1. The summed E-state index contributed by atoms with van der Waals surface area (Å²) < 4.78 is 13.9. The average molecular weight is 316 g/mol. The lowest BCUT2D eigenvalue weighted by Crippen LogP contribution is -2.48.